The Kier molecular flexibility index (Phi) is 4.39. The first-order valence-corrected chi connectivity index (χ1v) is 7.21. The molecule has 0 aliphatic heterocycles. The van der Waals surface area contributed by atoms with Gasteiger partial charge in [0, 0.05) is 5.75 Å². The molecule has 0 N–H and O–H groups in total. The molecule has 0 saturated heterocycles. The van der Waals surface area contributed by atoms with Crippen LogP contribution >= 0.6 is 23.1 Å². The van der Waals surface area contributed by atoms with Crippen molar-refractivity contribution >= 4 is 23.1 Å². The van der Waals surface area contributed by atoms with Crippen LogP contribution in [0.4, 0.5) is 0 Å². The van der Waals surface area contributed by atoms with E-state index in [2.05, 4.69) is 42.2 Å². The van der Waals surface area contributed by atoms with Gasteiger partial charge in [0.05, 0.1) is 6.61 Å². The van der Waals surface area contributed by atoms with Crippen LogP contribution in [0.25, 0.3) is 0 Å². The van der Waals surface area contributed by atoms with E-state index in [-0.39, 0.29) is 0 Å². The fourth-order valence-corrected chi connectivity index (χ4v) is 2.75. The van der Waals surface area contributed by atoms with Gasteiger partial charge in [0.1, 0.15) is 11.3 Å². The topological polar surface area (TPSA) is 35.0 Å². The second-order valence-electron chi connectivity index (χ2n) is 3.67. The Balaban J connectivity index is 1.80. The predicted molar refractivity (Wildman–Crippen MR) is 72.0 cm³/mol. The zero-order chi connectivity index (χ0) is 12.1. The Hall–Kier alpha value is -1.07. The number of hydrogen-bond acceptors (Lipinski definition) is 5. The first-order chi connectivity index (χ1) is 8.25. The van der Waals surface area contributed by atoms with Gasteiger partial charge in [0.15, 0.2) is 4.34 Å². The standard InChI is InChI=1S/C12H14N2OS2/c1-9-3-4-10(2)11(7-9)15-5-6-16-12-14-13-8-17-12/h3-4,7-8H,5-6H2,1-2H3. The SMILES string of the molecule is Cc1ccc(C)c(OCCSc2nncs2)c1. The van der Waals surface area contributed by atoms with Gasteiger partial charge in [-0.2, -0.15) is 0 Å². The largest absolute Gasteiger partial charge is 0.492 e. The zero-order valence-corrected chi connectivity index (χ0v) is 11.5. The van der Waals surface area contributed by atoms with Crippen molar-refractivity contribution in [1.29, 1.82) is 0 Å². The average Bonchev–Trinajstić information content (AvgIpc) is 2.82. The lowest BCUT2D eigenvalue weighted by Gasteiger charge is -2.09. The lowest BCUT2D eigenvalue weighted by Crippen LogP contribution is -2.01. The molecule has 0 saturated carbocycles. The lowest BCUT2D eigenvalue weighted by atomic mass is 10.1. The normalized spacial score (nSPS) is 10.5. The summed E-state index contributed by atoms with van der Waals surface area (Å²) in [7, 11) is 0. The molecule has 0 spiro atoms. The van der Waals surface area contributed by atoms with Crippen LogP contribution in [0.5, 0.6) is 5.75 Å². The van der Waals surface area contributed by atoms with Crippen LogP contribution in [0.3, 0.4) is 0 Å². The van der Waals surface area contributed by atoms with Gasteiger partial charge in [-0.3, -0.25) is 0 Å². The molecule has 5 heteroatoms. The molecule has 0 bridgehead atoms. The molecule has 2 aromatic rings. The summed E-state index contributed by atoms with van der Waals surface area (Å²) in [4.78, 5) is 0. The third-order valence-electron chi connectivity index (χ3n) is 2.25. The maximum atomic E-state index is 5.75. The smallest absolute Gasteiger partial charge is 0.174 e. The molecule has 0 unspecified atom stereocenters. The summed E-state index contributed by atoms with van der Waals surface area (Å²) in [6.45, 7) is 4.82. The Bertz CT molecular complexity index is 471. The van der Waals surface area contributed by atoms with Crippen LogP contribution in [0.1, 0.15) is 11.1 Å². The van der Waals surface area contributed by atoms with Crippen LogP contribution in [-0.4, -0.2) is 22.6 Å². The summed E-state index contributed by atoms with van der Waals surface area (Å²) in [5, 5.41) is 7.76. The number of aryl methyl sites for hydroxylation is 2. The monoisotopic (exact) mass is 266 g/mol. The first kappa shape index (κ1) is 12.4. The van der Waals surface area contributed by atoms with E-state index >= 15 is 0 Å². The number of nitrogens with zero attached hydrogens (tertiary/aromatic N) is 2. The molecule has 1 aromatic carbocycles. The molecule has 0 amide bonds. The molecule has 17 heavy (non-hydrogen) atoms. The molecule has 1 aromatic heterocycles. The van der Waals surface area contributed by atoms with Crippen molar-refractivity contribution in [2.24, 2.45) is 0 Å². The Morgan fingerprint density at radius 3 is 3.00 bits per heavy atom. The van der Waals surface area contributed by atoms with Gasteiger partial charge < -0.3 is 4.74 Å². The Morgan fingerprint density at radius 2 is 2.24 bits per heavy atom. The highest BCUT2D eigenvalue weighted by molar-refractivity contribution is 8.01. The Labute approximate surface area is 109 Å². The summed E-state index contributed by atoms with van der Waals surface area (Å²) in [6, 6.07) is 6.26. The molecule has 2 rings (SSSR count). The average molecular weight is 266 g/mol. The number of hydrogen-bond donors (Lipinski definition) is 0. The van der Waals surface area contributed by atoms with Crippen molar-refractivity contribution in [2.75, 3.05) is 12.4 Å². The predicted octanol–water partition coefficient (Wildman–Crippen LogP) is 3.33. The summed E-state index contributed by atoms with van der Waals surface area (Å²) >= 11 is 3.24. The van der Waals surface area contributed by atoms with E-state index in [9.17, 15) is 0 Å². The van der Waals surface area contributed by atoms with Crippen molar-refractivity contribution in [3.63, 3.8) is 0 Å². The molecule has 0 fully saturated rings. The fourth-order valence-electron chi connectivity index (χ4n) is 1.37. The van der Waals surface area contributed by atoms with E-state index in [0.29, 0.717) is 6.61 Å². The first-order valence-electron chi connectivity index (χ1n) is 5.35. The van der Waals surface area contributed by atoms with Gasteiger partial charge in [0.25, 0.3) is 0 Å². The van der Waals surface area contributed by atoms with Crippen molar-refractivity contribution < 1.29 is 4.74 Å². The van der Waals surface area contributed by atoms with Crippen LogP contribution in [-0.2, 0) is 0 Å². The number of aromatic nitrogens is 2. The number of benzene rings is 1. The summed E-state index contributed by atoms with van der Waals surface area (Å²) < 4.78 is 6.75. The van der Waals surface area contributed by atoms with Crippen LogP contribution in [0.15, 0.2) is 28.0 Å². The third kappa shape index (κ3) is 3.71. The van der Waals surface area contributed by atoms with E-state index in [0.717, 1.165) is 15.8 Å². The highest BCUT2D eigenvalue weighted by Crippen LogP contribution is 2.21. The van der Waals surface area contributed by atoms with E-state index in [1.807, 2.05) is 0 Å². The minimum atomic E-state index is 0.689. The molecule has 0 aliphatic carbocycles. The van der Waals surface area contributed by atoms with Crippen molar-refractivity contribution in [2.45, 2.75) is 18.2 Å². The van der Waals surface area contributed by atoms with Crippen molar-refractivity contribution in [1.82, 2.24) is 10.2 Å². The fraction of sp³-hybridized carbons (Fsp3) is 0.333. The number of rotatable bonds is 5. The van der Waals surface area contributed by atoms with E-state index in [1.165, 1.54) is 11.1 Å². The summed E-state index contributed by atoms with van der Waals surface area (Å²) in [5.74, 6) is 1.87. The van der Waals surface area contributed by atoms with E-state index in [1.54, 1.807) is 28.6 Å². The summed E-state index contributed by atoms with van der Waals surface area (Å²) in [5.41, 5.74) is 4.15. The number of thioether (sulfide) groups is 1. The minimum absolute atomic E-state index is 0.689. The van der Waals surface area contributed by atoms with Crippen LogP contribution < -0.4 is 4.74 Å². The van der Waals surface area contributed by atoms with Crippen molar-refractivity contribution in [3.8, 4) is 5.75 Å². The van der Waals surface area contributed by atoms with Gasteiger partial charge in [-0.25, -0.2) is 0 Å². The van der Waals surface area contributed by atoms with E-state index in [4.69, 9.17) is 4.74 Å². The Morgan fingerprint density at radius 1 is 1.35 bits per heavy atom. The summed E-state index contributed by atoms with van der Waals surface area (Å²) in [6.07, 6.45) is 0. The molecule has 90 valence electrons. The van der Waals surface area contributed by atoms with Gasteiger partial charge >= 0.3 is 0 Å². The quantitative estimate of drug-likeness (QED) is 0.614. The van der Waals surface area contributed by atoms with Gasteiger partial charge in [-0.15, -0.1) is 10.2 Å². The van der Waals surface area contributed by atoms with Crippen LogP contribution in [0.2, 0.25) is 0 Å². The molecule has 1 heterocycles. The maximum Gasteiger partial charge on any atom is 0.174 e. The lowest BCUT2D eigenvalue weighted by molar-refractivity contribution is 0.341. The minimum Gasteiger partial charge on any atom is -0.492 e. The molecule has 0 atom stereocenters. The zero-order valence-electron chi connectivity index (χ0n) is 9.84. The van der Waals surface area contributed by atoms with Gasteiger partial charge in [0.2, 0.25) is 0 Å². The van der Waals surface area contributed by atoms with Crippen molar-refractivity contribution in [3.05, 3.63) is 34.8 Å². The third-order valence-corrected chi connectivity index (χ3v) is 4.07. The maximum absolute atomic E-state index is 5.75. The molecule has 0 aliphatic rings. The second kappa shape index (κ2) is 6.02. The number of ether oxygens (including phenoxy) is 1. The molecule has 3 nitrogen and oxygen atoms in total. The molecule has 0 radical (unpaired) electrons. The highest BCUT2D eigenvalue weighted by Gasteiger charge is 2.01. The van der Waals surface area contributed by atoms with E-state index < -0.39 is 0 Å². The molecular formula is C12H14N2OS2. The molecular weight excluding hydrogens is 252 g/mol. The second-order valence-corrected chi connectivity index (χ2v) is 5.85. The van der Waals surface area contributed by atoms with Crippen LogP contribution in [0, 0.1) is 13.8 Å². The highest BCUT2D eigenvalue weighted by atomic mass is 32.2. The van der Waals surface area contributed by atoms with Gasteiger partial charge in [-0.05, 0) is 31.0 Å². The van der Waals surface area contributed by atoms with Gasteiger partial charge in [-0.1, -0.05) is 35.2 Å².